The molecule has 3 heterocycles. The van der Waals surface area contributed by atoms with E-state index in [9.17, 15) is 67.9 Å². The summed E-state index contributed by atoms with van der Waals surface area (Å²) in [5.74, 6) is -10.6. The monoisotopic (exact) mass is 957 g/mol. The summed E-state index contributed by atoms with van der Waals surface area (Å²) < 4.78 is 24.5. The fraction of sp³-hybridized carbons (Fsp3) is 0.567. The molecule has 9 atom stereocenters. The summed E-state index contributed by atoms with van der Waals surface area (Å²) in [4.78, 5) is 128. The van der Waals surface area contributed by atoms with Crippen LogP contribution in [-0.4, -0.2) is 176 Å². The van der Waals surface area contributed by atoms with Gasteiger partial charge in [0.05, 0.1) is 12.9 Å². The first kappa shape index (κ1) is 51.9. The Hall–Kier alpha value is -5.44. The number of aromatic nitrogens is 4. The van der Waals surface area contributed by atoms with Crippen LogP contribution in [0.5, 0.6) is 0 Å². The third kappa shape index (κ3) is 16.3. The molecule has 63 heavy (non-hydrogen) atoms. The van der Waals surface area contributed by atoms with Crippen molar-refractivity contribution in [1.29, 1.82) is 0 Å². The number of nitrogens with two attached hydrogens (primary N) is 2. The number of anilines is 1. The second-order valence-corrected chi connectivity index (χ2v) is 17.3. The van der Waals surface area contributed by atoms with E-state index < -0.39 is 148 Å². The highest BCUT2D eigenvalue weighted by atomic mass is 33.1. The molecule has 6 unspecified atom stereocenters. The highest BCUT2D eigenvalue weighted by molar-refractivity contribution is 8.76. The Morgan fingerprint density at radius 3 is 1.92 bits per heavy atom. The molecule has 30 nitrogen and oxygen atoms in total. The van der Waals surface area contributed by atoms with Gasteiger partial charge in [0.2, 0.25) is 29.6 Å². The molecule has 3 rings (SSSR count). The van der Waals surface area contributed by atoms with Gasteiger partial charge in [0, 0.05) is 24.3 Å². The molecule has 2 aromatic rings. The third-order valence-corrected chi connectivity index (χ3v) is 12.0. The van der Waals surface area contributed by atoms with E-state index in [0.717, 1.165) is 32.5 Å². The van der Waals surface area contributed by atoms with Crippen LogP contribution in [0.2, 0.25) is 0 Å². The molecule has 0 aliphatic carbocycles. The maximum atomic E-state index is 12.9. The van der Waals surface area contributed by atoms with Crippen LogP contribution >= 0.6 is 29.3 Å². The number of nitrogens with zero attached hydrogens (tertiary/aromatic N) is 3. The van der Waals surface area contributed by atoms with E-state index in [1.165, 1.54) is 0 Å². The average molecular weight is 958 g/mol. The van der Waals surface area contributed by atoms with E-state index >= 15 is 0 Å². The summed E-state index contributed by atoms with van der Waals surface area (Å²) in [7, 11) is -3.42. The van der Waals surface area contributed by atoms with Gasteiger partial charge in [-0.05, 0) is 12.8 Å². The maximum absolute atomic E-state index is 12.9. The lowest BCUT2D eigenvalue weighted by Crippen LogP contribution is -2.50. The number of aromatic amines is 1. The molecule has 0 saturated carbocycles. The van der Waals surface area contributed by atoms with Crippen molar-refractivity contribution < 1.29 is 87.7 Å². The topological polar surface area (TPSA) is 489 Å². The first-order valence-corrected chi connectivity index (χ1v) is 22.1. The summed E-state index contributed by atoms with van der Waals surface area (Å²) in [6, 6.07) is -6.22. The van der Waals surface area contributed by atoms with Crippen LogP contribution in [0.1, 0.15) is 31.9 Å². The van der Waals surface area contributed by atoms with Crippen LogP contribution in [0, 0.1) is 0 Å². The Morgan fingerprint density at radius 1 is 0.873 bits per heavy atom. The fourth-order valence-corrected chi connectivity index (χ4v) is 8.65. The molecule has 1 aliphatic rings. The molecule has 17 N–H and O–H groups in total. The summed E-state index contributed by atoms with van der Waals surface area (Å²) in [5, 5.41) is 68.3. The largest absolute Gasteiger partial charge is 0.480 e. The first-order chi connectivity index (χ1) is 29.5. The summed E-state index contributed by atoms with van der Waals surface area (Å²) in [5.41, 5.74) is 9.94. The molecule has 0 spiro atoms. The summed E-state index contributed by atoms with van der Waals surface area (Å²) in [6.45, 7) is -2.60. The Labute approximate surface area is 360 Å². The number of aliphatic carboxylic acids is 4. The number of nitrogen functional groups attached to an aromatic ring is 1. The van der Waals surface area contributed by atoms with Crippen molar-refractivity contribution >= 4 is 94.0 Å². The van der Waals surface area contributed by atoms with Crippen LogP contribution in [0.3, 0.4) is 0 Å². The van der Waals surface area contributed by atoms with E-state index in [1.807, 2.05) is 5.09 Å². The molecule has 2 aromatic heterocycles. The number of aliphatic hydroxyl groups is 2. The number of rotatable bonds is 27. The number of fused-ring (bicyclic) bond motifs is 1. The number of imidazole rings is 1. The van der Waals surface area contributed by atoms with Gasteiger partial charge in [-0.3, -0.25) is 57.2 Å². The van der Waals surface area contributed by atoms with Crippen LogP contribution < -0.4 is 43.4 Å². The van der Waals surface area contributed by atoms with Crippen molar-refractivity contribution in [2.24, 2.45) is 5.73 Å². The zero-order valence-electron chi connectivity index (χ0n) is 32.3. The predicted molar refractivity (Wildman–Crippen MR) is 213 cm³/mol. The van der Waals surface area contributed by atoms with Gasteiger partial charge in [-0.1, -0.05) is 21.6 Å². The average Bonchev–Trinajstić information content (AvgIpc) is 3.75. The Kier molecular flexibility index (Phi) is 19.7. The van der Waals surface area contributed by atoms with Crippen molar-refractivity contribution in [3.05, 3.63) is 16.7 Å². The predicted octanol–water partition coefficient (Wildman–Crippen LogP) is -5.79. The van der Waals surface area contributed by atoms with E-state index in [4.69, 9.17) is 36.0 Å². The summed E-state index contributed by atoms with van der Waals surface area (Å²) in [6.07, 6.45) is -7.48. The van der Waals surface area contributed by atoms with E-state index in [2.05, 4.69) is 36.2 Å². The molecular formula is C30H44N11O19PS2. The van der Waals surface area contributed by atoms with Crippen molar-refractivity contribution in [3.63, 3.8) is 0 Å². The van der Waals surface area contributed by atoms with Gasteiger partial charge in [-0.15, -0.1) is 0 Å². The Bertz CT molecular complexity index is 2130. The standard InChI is InChI=1S/C30H44N11O19PS2/c31-11(28(53)54)1-3-16(42)36-13(24(50)33-5-18(44)45)8-62-63-9-14(25(51)34-6-19(46)47)37-17(43)4-2-12(29(55)56)40-61(57,58)59-7-15-21(48)22(49)27(60-15)41-10-35-20-23(41)38-30(32)39-26(20)52/h10-15,21-22,27,48-49H,1-9,31H2,(H,33,50)(H,34,51)(H,36,42)(H,37,43)(H,44,45)(H,46,47)(H,53,54)(H,55,56)(H2,40,57,58)(H3,32,38,39,52)/t11?,12?,13?,14?,15?,21-,22-,27-/m0/s1. The zero-order chi connectivity index (χ0) is 47.2. The van der Waals surface area contributed by atoms with Crippen molar-refractivity contribution in [2.75, 3.05) is 36.9 Å². The number of carbonyl (C=O) groups excluding carboxylic acids is 4. The second kappa shape index (κ2) is 23.9. The molecule has 350 valence electrons. The Morgan fingerprint density at radius 2 is 1.41 bits per heavy atom. The van der Waals surface area contributed by atoms with Gasteiger partial charge in [-0.25, -0.2) is 14.6 Å². The van der Waals surface area contributed by atoms with Gasteiger partial charge in [0.15, 0.2) is 17.4 Å². The lowest BCUT2D eigenvalue weighted by Gasteiger charge is -2.22. The molecular weight excluding hydrogens is 913 g/mol. The van der Waals surface area contributed by atoms with Gasteiger partial charge >= 0.3 is 31.6 Å². The minimum absolute atomic E-state index is 0.130. The van der Waals surface area contributed by atoms with E-state index in [1.54, 1.807) is 0 Å². The van der Waals surface area contributed by atoms with E-state index in [0.29, 0.717) is 0 Å². The van der Waals surface area contributed by atoms with Gasteiger partial charge in [0.25, 0.3) is 5.56 Å². The number of amides is 4. The molecule has 1 aliphatic heterocycles. The molecule has 33 heteroatoms. The van der Waals surface area contributed by atoms with Gasteiger partial charge in [-0.2, -0.15) is 4.98 Å². The Balaban J connectivity index is 1.58. The molecule has 4 amide bonds. The molecule has 1 saturated heterocycles. The minimum Gasteiger partial charge on any atom is -0.480 e. The molecule has 0 radical (unpaired) electrons. The molecule has 0 aromatic carbocycles. The van der Waals surface area contributed by atoms with Crippen LogP contribution in [0.25, 0.3) is 11.2 Å². The summed E-state index contributed by atoms with van der Waals surface area (Å²) >= 11 is 0. The van der Waals surface area contributed by atoms with Crippen LogP contribution in [-0.2, 0) is 52.2 Å². The number of carboxylic acids is 4. The van der Waals surface area contributed by atoms with Crippen LogP contribution in [0.4, 0.5) is 5.95 Å². The van der Waals surface area contributed by atoms with Gasteiger partial charge < -0.3 is 73.0 Å². The van der Waals surface area contributed by atoms with Crippen molar-refractivity contribution in [2.45, 2.75) is 74.4 Å². The lowest BCUT2D eigenvalue weighted by atomic mass is 10.1. The number of ether oxygens (including phenoxy) is 1. The molecule has 0 bridgehead atoms. The number of hydrogen-bond donors (Lipinski definition) is 15. The number of carboxylic acid groups (broad SMARTS) is 4. The number of hydrogen-bond acceptors (Lipinski definition) is 20. The highest BCUT2D eigenvalue weighted by Gasteiger charge is 2.45. The SMILES string of the molecule is Nc1nc2c(ncn2[C@H]2OC(COP(=O)(O)NC(CCC(=O)NC(CSSCC(NC(=O)CCC(N)C(=O)O)C(=O)NCC(=O)O)C(=O)NCC(=O)O)C(=O)O)[C@H](O)[C@@H]2O)c(=O)[nH]1. The first-order valence-electron chi connectivity index (χ1n) is 18.0. The van der Waals surface area contributed by atoms with Crippen molar-refractivity contribution in [1.82, 2.24) is 45.9 Å². The third-order valence-electron chi connectivity index (χ3n) is 8.44. The number of carbonyl (C=O) groups is 8. The smallest absolute Gasteiger partial charge is 0.403 e. The van der Waals surface area contributed by atoms with E-state index in [-0.39, 0.29) is 35.0 Å². The second-order valence-electron chi connectivity index (χ2n) is 13.2. The zero-order valence-corrected chi connectivity index (χ0v) is 34.9. The molecule has 1 fully saturated rings. The normalized spacial score (nSPS) is 20.1. The number of nitrogens with one attached hydrogen (secondary N) is 6. The van der Waals surface area contributed by atoms with Gasteiger partial charge in [0.1, 0.15) is 55.6 Å². The number of H-pyrrole nitrogens is 1. The lowest BCUT2D eigenvalue weighted by molar-refractivity contribution is -0.140. The highest BCUT2D eigenvalue weighted by Crippen LogP contribution is 2.40. The fourth-order valence-electron chi connectivity index (χ4n) is 5.27. The van der Waals surface area contributed by atoms with Crippen LogP contribution in [0.15, 0.2) is 11.1 Å². The quantitative estimate of drug-likeness (QED) is 0.0225. The van der Waals surface area contributed by atoms with Crippen molar-refractivity contribution in [3.8, 4) is 0 Å². The number of aliphatic hydroxyl groups excluding tert-OH is 2. The minimum atomic E-state index is -5.09. The maximum Gasteiger partial charge on any atom is 0.403 e.